The fourth-order valence-corrected chi connectivity index (χ4v) is 4.11. The highest BCUT2D eigenvalue weighted by atomic mass is 32.2. The summed E-state index contributed by atoms with van der Waals surface area (Å²) < 4.78 is 25.4. The molecule has 0 unspecified atom stereocenters. The van der Waals surface area contributed by atoms with Crippen LogP contribution in [0.4, 0.5) is 0 Å². The average molecular weight is 405 g/mol. The Morgan fingerprint density at radius 2 is 1.57 bits per heavy atom. The van der Waals surface area contributed by atoms with E-state index in [1.54, 1.807) is 12.1 Å². The summed E-state index contributed by atoms with van der Waals surface area (Å²) in [7, 11) is -0.538. The SMILES string of the molecule is CC[NH+](CC)[C@@H](CNC(=O)c1ccc(S(=O)(=O)N(C)C)cc1)c1ccccc1. The molecule has 0 bridgehead atoms. The first kappa shape index (κ1) is 22.1. The minimum absolute atomic E-state index is 0.161. The third kappa shape index (κ3) is 5.19. The van der Waals surface area contributed by atoms with Crippen LogP contribution in [0.15, 0.2) is 59.5 Å². The summed E-state index contributed by atoms with van der Waals surface area (Å²) >= 11 is 0. The van der Waals surface area contributed by atoms with Crippen LogP contribution in [0, 0.1) is 0 Å². The van der Waals surface area contributed by atoms with Crippen molar-refractivity contribution < 1.29 is 18.1 Å². The van der Waals surface area contributed by atoms with Crippen molar-refractivity contribution in [2.24, 2.45) is 0 Å². The second kappa shape index (κ2) is 9.82. The summed E-state index contributed by atoms with van der Waals surface area (Å²) in [6.07, 6.45) is 0. The fraction of sp³-hybridized carbons (Fsp3) is 0.381. The van der Waals surface area contributed by atoms with Crippen LogP contribution < -0.4 is 10.2 Å². The Hall–Kier alpha value is -2.22. The smallest absolute Gasteiger partial charge is 0.251 e. The van der Waals surface area contributed by atoms with Crippen molar-refractivity contribution in [3.05, 3.63) is 65.7 Å². The lowest BCUT2D eigenvalue weighted by molar-refractivity contribution is -0.927. The molecule has 2 aromatic carbocycles. The summed E-state index contributed by atoms with van der Waals surface area (Å²) in [4.78, 5) is 14.2. The van der Waals surface area contributed by atoms with Gasteiger partial charge in [0.25, 0.3) is 5.91 Å². The highest BCUT2D eigenvalue weighted by Gasteiger charge is 2.23. The first-order valence-electron chi connectivity index (χ1n) is 9.51. The molecule has 0 heterocycles. The Morgan fingerprint density at radius 3 is 2.07 bits per heavy atom. The molecule has 0 aliphatic heterocycles. The van der Waals surface area contributed by atoms with Crippen molar-refractivity contribution in [3.63, 3.8) is 0 Å². The second-order valence-electron chi connectivity index (χ2n) is 6.85. The molecule has 1 atom stereocenters. The summed E-state index contributed by atoms with van der Waals surface area (Å²) in [6.45, 7) is 6.71. The van der Waals surface area contributed by atoms with Gasteiger partial charge in [-0.2, -0.15) is 0 Å². The highest BCUT2D eigenvalue weighted by Crippen LogP contribution is 2.14. The van der Waals surface area contributed by atoms with Gasteiger partial charge in [-0.3, -0.25) is 4.79 Å². The Morgan fingerprint density at radius 1 is 1.00 bits per heavy atom. The molecule has 0 fully saturated rings. The van der Waals surface area contributed by atoms with Crippen LogP contribution in [0.2, 0.25) is 0 Å². The summed E-state index contributed by atoms with van der Waals surface area (Å²) in [5.74, 6) is -0.207. The molecular formula is C21H30N3O3S+. The molecule has 1 amide bonds. The van der Waals surface area contributed by atoms with E-state index in [9.17, 15) is 13.2 Å². The molecule has 2 rings (SSSR count). The average Bonchev–Trinajstić information content (AvgIpc) is 2.71. The van der Waals surface area contributed by atoms with Crippen molar-refractivity contribution in [2.45, 2.75) is 24.8 Å². The summed E-state index contributed by atoms with van der Waals surface area (Å²) in [6, 6.07) is 16.4. The number of nitrogens with one attached hydrogen (secondary N) is 2. The van der Waals surface area contributed by atoms with E-state index in [-0.39, 0.29) is 16.8 Å². The molecule has 2 N–H and O–H groups in total. The van der Waals surface area contributed by atoms with Gasteiger partial charge in [-0.15, -0.1) is 0 Å². The molecule has 28 heavy (non-hydrogen) atoms. The third-order valence-electron chi connectivity index (χ3n) is 4.96. The Bertz CT molecular complexity index is 862. The van der Waals surface area contributed by atoms with Crippen LogP contribution in [0.5, 0.6) is 0 Å². The number of benzene rings is 2. The van der Waals surface area contributed by atoms with Crippen LogP contribution in [-0.4, -0.2) is 52.4 Å². The molecule has 0 aliphatic rings. The van der Waals surface area contributed by atoms with E-state index in [1.165, 1.54) is 36.7 Å². The number of hydrogen-bond donors (Lipinski definition) is 2. The number of likely N-dealkylation sites (N-methyl/N-ethyl adjacent to an activating group) is 1. The Balaban J connectivity index is 2.12. The van der Waals surface area contributed by atoms with Gasteiger partial charge in [-0.1, -0.05) is 30.3 Å². The number of amides is 1. The number of rotatable bonds is 9. The molecule has 0 saturated heterocycles. The maximum absolute atomic E-state index is 12.6. The maximum Gasteiger partial charge on any atom is 0.251 e. The van der Waals surface area contributed by atoms with Crippen LogP contribution in [0.3, 0.4) is 0 Å². The van der Waals surface area contributed by atoms with Crippen molar-refractivity contribution in [1.82, 2.24) is 9.62 Å². The van der Waals surface area contributed by atoms with Gasteiger partial charge >= 0.3 is 0 Å². The van der Waals surface area contributed by atoms with Crippen molar-refractivity contribution in [2.75, 3.05) is 33.7 Å². The maximum atomic E-state index is 12.6. The van der Waals surface area contributed by atoms with Gasteiger partial charge in [-0.05, 0) is 38.1 Å². The van der Waals surface area contributed by atoms with Gasteiger partial charge in [0.1, 0.15) is 6.04 Å². The number of nitrogens with zero attached hydrogens (tertiary/aromatic N) is 1. The van der Waals surface area contributed by atoms with Gasteiger partial charge in [-0.25, -0.2) is 12.7 Å². The van der Waals surface area contributed by atoms with Crippen molar-refractivity contribution in [1.29, 1.82) is 0 Å². The Kier molecular flexibility index (Phi) is 7.74. The fourth-order valence-electron chi connectivity index (χ4n) is 3.21. The van der Waals surface area contributed by atoms with Gasteiger partial charge in [0.15, 0.2) is 0 Å². The molecule has 0 spiro atoms. The quantitative estimate of drug-likeness (QED) is 0.663. The minimum Gasteiger partial charge on any atom is -0.346 e. The van der Waals surface area contributed by atoms with Crippen LogP contribution in [-0.2, 0) is 10.0 Å². The Labute approximate surface area is 168 Å². The van der Waals surface area contributed by atoms with E-state index in [2.05, 4.69) is 31.3 Å². The normalized spacial score (nSPS) is 12.9. The minimum atomic E-state index is -3.50. The lowest BCUT2D eigenvalue weighted by Gasteiger charge is -2.27. The zero-order chi connectivity index (χ0) is 20.7. The molecular weight excluding hydrogens is 374 g/mol. The third-order valence-corrected chi connectivity index (χ3v) is 6.79. The van der Waals surface area contributed by atoms with Gasteiger partial charge in [0.05, 0.1) is 24.5 Å². The number of hydrogen-bond acceptors (Lipinski definition) is 3. The predicted octanol–water partition coefficient (Wildman–Crippen LogP) is 1.33. The van der Waals surface area contributed by atoms with Gasteiger partial charge in [0.2, 0.25) is 10.0 Å². The lowest BCUT2D eigenvalue weighted by atomic mass is 10.0. The van der Waals surface area contributed by atoms with E-state index < -0.39 is 10.0 Å². The molecule has 7 heteroatoms. The van der Waals surface area contributed by atoms with E-state index in [0.29, 0.717) is 12.1 Å². The molecule has 0 aliphatic carbocycles. The molecule has 152 valence electrons. The topological polar surface area (TPSA) is 70.9 Å². The second-order valence-corrected chi connectivity index (χ2v) is 9.00. The van der Waals surface area contributed by atoms with Crippen LogP contribution >= 0.6 is 0 Å². The first-order valence-corrected chi connectivity index (χ1v) is 11.0. The van der Waals surface area contributed by atoms with E-state index in [4.69, 9.17) is 0 Å². The molecule has 0 radical (unpaired) electrons. The van der Waals surface area contributed by atoms with E-state index >= 15 is 0 Å². The van der Waals surface area contributed by atoms with Gasteiger partial charge in [0, 0.05) is 25.2 Å². The number of quaternary nitrogens is 1. The lowest BCUT2D eigenvalue weighted by Crippen LogP contribution is -3.12. The van der Waals surface area contributed by atoms with Crippen molar-refractivity contribution >= 4 is 15.9 Å². The first-order chi connectivity index (χ1) is 13.3. The largest absolute Gasteiger partial charge is 0.346 e. The number of carbonyl (C=O) groups excluding carboxylic acids is 1. The molecule has 2 aromatic rings. The standard InChI is InChI=1S/C21H29N3O3S/c1-5-24(6-2)20(17-10-8-7-9-11-17)16-22-21(25)18-12-14-19(15-13-18)28(26,27)23(3)4/h7-15,20H,5-6,16H2,1-4H3,(H,22,25)/p+1/t20-/m0/s1. The van der Waals surface area contributed by atoms with E-state index in [1.807, 2.05) is 18.2 Å². The number of sulfonamides is 1. The predicted molar refractivity (Wildman–Crippen MR) is 111 cm³/mol. The summed E-state index contributed by atoms with van der Waals surface area (Å²) in [5.41, 5.74) is 1.63. The highest BCUT2D eigenvalue weighted by molar-refractivity contribution is 7.89. The van der Waals surface area contributed by atoms with Crippen molar-refractivity contribution in [3.8, 4) is 0 Å². The number of carbonyl (C=O) groups is 1. The zero-order valence-electron chi connectivity index (χ0n) is 17.0. The molecule has 0 saturated carbocycles. The van der Waals surface area contributed by atoms with Crippen LogP contribution in [0.25, 0.3) is 0 Å². The molecule has 6 nitrogen and oxygen atoms in total. The van der Waals surface area contributed by atoms with Gasteiger partial charge < -0.3 is 10.2 Å². The van der Waals surface area contributed by atoms with Crippen LogP contribution in [0.1, 0.15) is 35.8 Å². The monoisotopic (exact) mass is 404 g/mol. The summed E-state index contributed by atoms with van der Waals surface area (Å²) in [5, 5.41) is 3.01. The van der Waals surface area contributed by atoms with E-state index in [0.717, 1.165) is 17.4 Å². The molecule has 0 aromatic heterocycles. The zero-order valence-corrected chi connectivity index (χ0v) is 17.8.